The molecule has 5 N–H and O–H groups in total. The lowest BCUT2D eigenvalue weighted by atomic mass is 9.82. The van der Waals surface area contributed by atoms with E-state index in [4.69, 9.17) is 21.2 Å². The van der Waals surface area contributed by atoms with Crippen LogP contribution in [0.25, 0.3) is 10.3 Å². The van der Waals surface area contributed by atoms with Crippen molar-refractivity contribution in [3.05, 3.63) is 40.2 Å². The zero-order valence-corrected chi connectivity index (χ0v) is 19.3. The summed E-state index contributed by atoms with van der Waals surface area (Å²) in [6.45, 7) is 5.07. The molecule has 9 nitrogen and oxygen atoms in total. The van der Waals surface area contributed by atoms with Crippen molar-refractivity contribution in [3.8, 4) is 0 Å². The number of rotatable bonds is 3. The van der Waals surface area contributed by atoms with Crippen molar-refractivity contribution in [1.29, 1.82) is 0 Å². The van der Waals surface area contributed by atoms with Crippen molar-refractivity contribution in [3.63, 3.8) is 0 Å². The normalized spacial score (nSPS) is 23.5. The molecule has 2 atom stereocenters. The largest absolute Gasteiger partial charge is 0.396 e. The molecule has 3 aromatic heterocycles. The van der Waals surface area contributed by atoms with Gasteiger partial charge in [0.2, 0.25) is 0 Å². The van der Waals surface area contributed by atoms with Crippen LogP contribution in [0.1, 0.15) is 33.0 Å². The highest BCUT2D eigenvalue weighted by atomic mass is 32.1. The number of aryl methyl sites for hydroxylation is 2. The molecule has 2 aliphatic heterocycles. The van der Waals surface area contributed by atoms with Crippen molar-refractivity contribution in [1.82, 2.24) is 20.3 Å². The molecule has 0 bridgehead atoms. The Hall–Kier alpha value is -2.82. The van der Waals surface area contributed by atoms with Crippen LogP contribution in [-0.2, 0) is 17.6 Å². The summed E-state index contributed by atoms with van der Waals surface area (Å²) in [6.07, 6.45) is 4.09. The Morgan fingerprint density at radius 3 is 2.94 bits per heavy atom. The zero-order chi connectivity index (χ0) is 22.7. The summed E-state index contributed by atoms with van der Waals surface area (Å²) < 4.78 is 5.43. The molecule has 33 heavy (non-hydrogen) atoms. The fourth-order valence-electron chi connectivity index (χ4n) is 5.13. The number of nitrogen functional groups attached to an aromatic ring is 1. The summed E-state index contributed by atoms with van der Waals surface area (Å²) in [7, 11) is 0. The molecule has 0 unspecified atom stereocenters. The van der Waals surface area contributed by atoms with Gasteiger partial charge < -0.3 is 26.4 Å². The lowest BCUT2D eigenvalue weighted by Gasteiger charge is -2.40. The maximum atomic E-state index is 13.0. The second-order valence-electron chi connectivity index (χ2n) is 9.54. The van der Waals surface area contributed by atoms with Crippen LogP contribution in [0.2, 0.25) is 0 Å². The first-order valence-corrected chi connectivity index (χ1v) is 12.1. The molecule has 0 radical (unpaired) electrons. The van der Waals surface area contributed by atoms with E-state index < -0.39 is 0 Å². The van der Waals surface area contributed by atoms with Gasteiger partial charge in [0, 0.05) is 37.1 Å². The molecule has 1 spiro atoms. The van der Waals surface area contributed by atoms with E-state index in [0.717, 1.165) is 62.8 Å². The van der Waals surface area contributed by atoms with Gasteiger partial charge in [-0.15, -0.1) is 11.3 Å². The van der Waals surface area contributed by atoms with E-state index in [1.165, 1.54) is 16.9 Å². The number of hydrogen-bond acceptors (Lipinski definition) is 9. The first kappa shape index (κ1) is 20.8. The molecular weight excluding hydrogens is 438 g/mol. The number of nitrogens with one attached hydrogen (secondary N) is 1. The lowest BCUT2D eigenvalue weighted by Crippen LogP contribution is -2.54. The van der Waals surface area contributed by atoms with Gasteiger partial charge in [-0.3, -0.25) is 4.79 Å². The van der Waals surface area contributed by atoms with Crippen LogP contribution in [0.4, 0.5) is 11.5 Å². The summed E-state index contributed by atoms with van der Waals surface area (Å²) in [5, 5.41) is 3.16. The van der Waals surface area contributed by atoms with Crippen LogP contribution in [0.5, 0.6) is 0 Å². The Balaban J connectivity index is 1.15. The maximum absolute atomic E-state index is 13.0. The van der Waals surface area contributed by atoms with Gasteiger partial charge in [-0.2, -0.15) is 0 Å². The third kappa shape index (κ3) is 3.44. The number of fused-ring (bicyclic) bond motifs is 2. The highest BCUT2D eigenvalue weighted by Gasteiger charge is 2.50. The Kier molecular flexibility index (Phi) is 4.79. The van der Waals surface area contributed by atoms with E-state index in [1.807, 2.05) is 6.92 Å². The standard InChI is InChI=1S/C23H27N7O2S/c1-12-7-26-19-18(25)20(33-22(19)27-12)21(31)28-14-3-4-15-13(6-14)2-5-17(29-15)30-8-16(24)23(9-30)10-32-11-23/h2,5,7,14,16H,3-4,6,8-11,24-25H2,1H3,(H,28,31)/t14-,16+/m0/s1. The molecule has 5 heterocycles. The van der Waals surface area contributed by atoms with Crippen LogP contribution in [0.3, 0.4) is 0 Å². The number of carbonyl (C=O) groups is 1. The van der Waals surface area contributed by atoms with Crippen molar-refractivity contribution in [2.24, 2.45) is 11.1 Å². The molecule has 6 rings (SSSR count). The molecule has 3 aliphatic rings. The summed E-state index contributed by atoms with van der Waals surface area (Å²) in [5.41, 5.74) is 16.8. The smallest absolute Gasteiger partial charge is 0.263 e. The minimum atomic E-state index is -0.160. The molecule has 0 saturated carbocycles. The molecule has 3 aromatic rings. The number of carbonyl (C=O) groups excluding carboxylic acids is 1. The van der Waals surface area contributed by atoms with E-state index >= 15 is 0 Å². The van der Waals surface area contributed by atoms with Crippen LogP contribution >= 0.6 is 11.3 Å². The third-order valence-corrected chi connectivity index (χ3v) is 8.25. The van der Waals surface area contributed by atoms with Crippen LogP contribution in [0.15, 0.2) is 18.3 Å². The fraction of sp³-hybridized carbons (Fsp3) is 0.478. The lowest BCUT2D eigenvalue weighted by molar-refractivity contribution is -0.106. The minimum Gasteiger partial charge on any atom is -0.396 e. The number of pyridine rings is 1. The Morgan fingerprint density at radius 1 is 1.33 bits per heavy atom. The van der Waals surface area contributed by atoms with Gasteiger partial charge in [0.25, 0.3) is 5.91 Å². The number of thiophene rings is 1. The topological polar surface area (TPSA) is 132 Å². The second-order valence-corrected chi connectivity index (χ2v) is 10.5. The third-order valence-electron chi connectivity index (χ3n) is 7.16. The van der Waals surface area contributed by atoms with Gasteiger partial charge in [0.1, 0.15) is 21.0 Å². The van der Waals surface area contributed by atoms with Gasteiger partial charge in [0.05, 0.1) is 30.0 Å². The average molecular weight is 466 g/mol. The SMILES string of the molecule is Cc1cnc2c(N)c(C(=O)N[C@H]3CCc4nc(N5C[C@@H](N)C6(COC6)C5)ccc4C3)sc2n1. The number of hydrogen-bond donors (Lipinski definition) is 3. The molecular formula is C23H27N7O2S. The summed E-state index contributed by atoms with van der Waals surface area (Å²) in [4.78, 5) is 30.2. The van der Waals surface area contributed by atoms with E-state index in [9.17, 15) is 4.79 Å². The van der Waals surface area contributed by atoms with E-state index in [0.29, 0.717) is 20.9 Å². The molecule has 2 fully saturated rings. The van der Waals surface area contributed by atoms with Crippen molar-refractivity contribution in [2.45, 2.75) is 38.3 Å². The average Bonchev–Trinajstić information content (AvgIpc) is 3.30. The molecule has 2 saturated heterocycles. The molecule has 0 aromatic carbocycles. The van der Waals surface area contributed by atoms with E-state index in [-0.39, 0.29) is 23.4 Å². The summed E-state index contributed by atoms with van der Waals surface area (Å²) in [5.74, 6) is 0.829. The number of anilines is 2. The van der Waals surface area contributed by atoms with Crippen molar-refractivity contribution >= 4 is 39.1 Å². The Morgan fingerprint density at radius 2 is 2.18 bits per heavy atom. The number of amides is 1. The monoisotopic (exact) mass is 465 g/mol. The quantitative estimate of drug-likeness (QED) is 0.529. The fourth-order valence-corrected chi connectivity index (χ4v) is 6.13. The number of nitrogens with two attached hydrogens (primary N) is 2. The Bertz CT molecular complexity index is 1260. The highest BCUT2D eigenvalue weighted by Crippen LogP contribution is 2.39. The van der Waals surface area contributed by atoms with E-state index in [2.05, 4.69) is 32.3 Å². The molecule has 1 aliphatic carbocycles. The van der Waals surface area contributed by atoms with Crippen LogP contribution in [-0.4, -0.2) is 59.2 Å². The molecule has 10 heteroatoms. The van der Waals surface area contributed by atoms with Gasteiger partial charge >= 0.3 is 0 Å². The van der Waals surface area contributed by atoms with Gasteiger partial charge in [-0.25, -0.2) is 15.0 Å². The minimum absolute atomic E-state index is 0.0421. The first-order valence-electron chi connectivity index (χ1n) is 11.3. The van der Waals surface area contributed by atoms with E-state index in [1.54, 1.807) is 6.20 Å². The number of aromatic nitrogens is 3. The number of ether oxygens (including phenoxy) is 1. The zero-order valence-electron chi connectivity index (χ0n) is 18.5. The van der Waals surface area contributed by atoms with Crippen molar-refractivity contribution in [2.75, 3.05) is 36.9 Å². The number of nitrogens with zero attached hydrogens (tertiary/aromatic N) is 4. The van der Waals surface area contributed by atoms with Gasteiger partial charge in [-0.05, 0) is 37.8 Å². The predicted molar refractivity (Wildman–Crippen MR) is 128 cm³/mol. The summed E-state index contributed by atoms with van der Waals surface area (Å²) >= 11 is 1.30. The highest BCUT2D eigenvalue weighted by molar-refractivity contribution is 7.21. The molecule has 172 valence electrons. The van der Waals surface area contributed by atoms with Gasteiger partial charge in [-0.1, -0.05) is 6.07 Å². The molecule has 1 amide bonds. The predicted octanol–water partition coefficient (Wildman–Crippen LogP) is 1.43. The Labute approximate surface area is 195 Å². The van der Waals surface area contributed by atoms with Crippen molar-refractivity contribution < 1.29 is 9.53 Å². The maximum Gasteiger partial charge on any atom is 0.263 e. The van der Waals surface area contributed by atoms with Crippen LogP contribution < -0.4 is 21.7 Å². The first-order chi connectivity index (χ1) is 15.9. The van der Waals surface area contributed by atoms with Gasteiger partial charge in [0.15, 0.2) is 0 Å². The summed E-state index contributed by atoms with van der Waals surface area (Å²) in [6, 6.07) is 4.39. The van der Waals surface area contributed by atoms with Crippen LogP contribution in [0, 0.1) is 12.3 Å². The second kappa shape index (κ2) is 7.61.